The number of nitrogens with two attached hydrogens (primary N) is 1. The van der Waals surface area contributed by atoms with Gasteiger partial charge in [-0.25, -0.2) is 0 Å². The van der Waals surface area contributed by atoms with E-state index in [1.165, 1.54) is 38.8 Å². The van der Waals surface area contributed by atoms with Gasteiger partial charge in [-0.3, -0.25) is 4.79 Å². The second kappa shape index (κ2) is 10.6. The number of rotatable bonds is 7. The molecule has 0 aromatic heterocycles. The zero-order valence-electron chi connectivity index (χ0n) is 11.5. The number of unbranched alkanes of at least 4 members (excludes halogenated alkanes) is 1. The number of carbonyl (C=O) groups excluding carboxylic acids is 1. The van der Waals surface area contributed by atoms with Crippen molar-refractivity contribution in [2.24, 2.45) is 5.73 Å². The minimum absolute atomic E-state index is 0. The van der Waals surface area contributed by atoms with Gasteiger partial charge in [0.05, 0.1) is 0 Å². The van der Waals surface area contributed by atoms with Crippen LogP contribution in [0.3, 0.4) is 0 Å². The van der Waals surface area contributed by atoms with E-state index < -0.39 is 0 Å². The van der Waals surface area contributed by atoms with E-state index in [0.717, 1.165) is 19.0 Å². The average molecular weight is 278 g/mol. The molecule has 4 nitrogen and oxygen atoms in total. The summed E-state index contributed by atoms with van der Waals surface area (Å²) in [5.74, 6) is 0.0823. The molecule has 0 aromatic carbocycles. The van der Waals surface area contributed by atoms with Gasteiger partial charge < -0.3 is 16.0 Å². The number of hydrogen-bond donors (Lipinski definition) is 2. The molecule has 1 aliphatic heterocycles. The van der Waals surface area contributed by atoms with E-state index in [2.05, 4.69) is 17.1 Å². The van der Waals surface area contributed by atoms with Gasteiger partial charge >= 0.3 is 0 Å². The largest absolute Gasteiger partial charge is 0.356 e. The van der Waals surface area contributed by atoms with E-state index in [4.69, 9.17) is 5.73 Å². The Bertz CT molecular complexity index is 226. The molecule has 18 heavy (non-hydrogen) atoms. The monoisotopic (exact) mass is 277 g/mol. The van der Waals surface area contributed by atoms with Crippen molar-refractivity contribution in [2.45, 2.75) is 51.5 Å². The van der Waals surface area contributed by atoms with Crippen molar-refractivity contribution < 1.29 is 4.79 Å². The first kappa shape index (κ1) is 17.7. The Labute approximate surface area is 117 Å². The van der Waals surface area contributed by atoms with Crippen LogP contribution in [0.15, 0.2) is 0 Å². The molecule has 108 valence electrons. The van der Waals surface area contributed by atoms with Crippen LogP contribution in [0.1, 0.15) is 45.4 Å². The molecule has 1 aliphatic rings. The zero-order chi connectivity index (χ0) is 12.5. The molecular weight excluding hydrogens is 250 g/mol. The van der Waals surface area contributed by atoms with Crippen LogP contribution in [0.25, 0.3) is 0 Å². The summed E-state index contributed by atoms with van der Waals surface area (Å²) < 4.78 is 0. The van der Waals surface area contributed by atoms with Crippen LogP contribution in [-0.4, -0.2) is 43.0 Å². The van der Waals surface area contributed by atoms with Gasteiger partial charge in [0.15, 0.2) is 0 Å². The number of piperidine rings is 1. The average Bonchev–Trinajstić information content (AvgIpc) is 2.31. The summed E-state index contributed by atoms with van der Waals surface area (Å²) in [5.41, 5.74) is 5.31. The molecule has 0 radical (unpaired) electrons. The Morgan fingerprint density at radius 2 is 2.17 bits per heavy atom. The van der Waals surface area contributed by atoms with Crippen LogP contribution >= 0.6 is 12.4 Å². The Balaban J connectivity index is 0.00000289. The molecule has 0 aromatic rings. The molecule has 0 saturated carbocycles. The zero-order valence-corrected chi connectivity index (χ0v) is 12.3. The topological polar surface area (TPSA) is 58.4 Å². The number of carbonyl (C=O) groups is 1. The van der Waals surface area contributed by atoms with E-state index in [1.54, 1.807) is 0 Å². The highest BCUT2D eigenvalue weighted by molar-refractivity contribution is 5.85. The Morgan fingerprint density at radius 3 is 2.83 bits per heavy atom. The minimum Gasteiger partial charge on any atom is -0.356 e. The van der Waals surface area contributed by atoms with E-state index in [9.17, 15) is 4.79 Å². The van der Waals surface area contributed by atoms with Crippen molar-refractivity contribution in [3.8, 4) is 0 Å². The summed E-state index contributed by atoms with van der Waals surface area (Å²) in [6.07, 6.45) is 6.76. The number of likely N-dealkylation sites (tertiary alicyclic amines) is 1. The maximum atomic E-state index is 11.2. The van der Waals surface area contributed by atoms with E-state index in [1.807, 2.05) is 0 Å². The van der Waals surface area contributed by atoms with Gasteiger partial charge in [-0.2, -0.15) is 0 Å². The first-order chi connectivity index (χ1) is 8.24. The Kier molecular flexibility index (Phi) is 10.4. The smallest absolute Gasteiger partial charge is 0.221 e. The molecule has 1 amide bonds. The highest BCUT2D eigenvalue weighted by Gasteiger charge is 2.16. The SMILES string of the molecule is CC1CCCCN1CCCCNC(=O)CCN.Cl. The number of halogens is 1. The first-order valence-electron chi connectivity index (χ1n) is 6.95. The molecule has 1 rings (SSSR count). The summed E-state index contributed by atoms with van der Waals surface area (Å²) in [6, 6.07) is 0.746. The van der Waals surface area contributed by atoms with Crippen molar-refractivity contribution >= 4 is 18.3 Å². The molecule has 0 bridgehead atoms. The third kappa shape index (κ3) is 7.19. The number of hydrogen-bond acceptors (Lipinski definition) is 3. The standard InChI is InChI=1S/C13H27N3O.ClH/c1-12-6-2-4-10-16(12)11-5-3-9-15-13(17)7-8-14;/h12H,2-11,14H2,1H3,(H,15,17);1H. The highest BCUT2D eigenvalue weighted by atomic mass is 35.5. The second-order valence-electron chi connectivity index (χ2n) is 4.98. The van der Waals surface area contributed by atoms with Crippen LogP contribution in [-0.2, 0) is 4.79 Å². The predicted octanol–water partition coefficient (Wildman–Crippen LogP) is 1.53. The number of nitrogens with zero attached hydrogens (tertiary/aromatic N) is 1. The maximum Gasteiger partial charge on any atom is 0.221 e. The highest BCUT2D eigenvalue weighted by Crippen LogP contribution is 2.16. The van der Waals surface area contributed by atoms with E-state index >= 15 is 0 Å². The molecule has 0 spiro atoms. The summed E-state index contributed by atoms with van der Waals surface area (Å²) >= 11 is 0. The third-order valence-corrected chi connectivity index (χ3v) is 3.51. The van der Waals surface area contributed by atoms with Gasteiger partial charge in [-0.1, -0.05) is 6.42 Å². The van der Waals surface area contributed by atoms with E-state index in [-0.39, 0.29) is 18.3 Å². The normalized spacial score (nSPS) is 20.2. The molecule has 3 N–H and O–H groups in total. The molecule has 1 saturated heterocycles. The fourth-order valence-electron chi connectivity index (χ4n) is 2.38. The van der Waals surface area contributed by atoms with Gasteiger partial charge in [0.1, 0.15) is 0 Å². The van der Waals surface area contributed by atoms with Gasteiger partial charge in [-0.05, 0) is 45.7 Å². The van der Waals surface area contributed by atoms with Crippen molar-refractivity contribution in [3.63, 3.8) is 0 Å². The van der Waals surface area contributed by atoms with Crippen molar-refractivity contribution in [1.82, 2.24) is 10.2 Å². The lowest BCUT2D eigenvalue weighted by atomic mass is 10.0. The van der Waals surface area contributed by atoms with Crippen LogP contribution in [0.2, 0.25) is 0 Å². The molecule has 5 heteroatoms. The molecule has 1 heterocycles. The summed E-state index contributed by atoms with van der Waals surface area (Å²) in [6.45, 7) is 5.98. The minimum atomic E-state index is 0. The summed E-state index contributed by atoms with van der Waals surface area (Å²) in [7, 11) is 0. The summed E-state index contributed by atoms with van der Waals surface area (Å²) in [4.78, 5) is 13.7. The van der Waals surface area contributed by atoms with Gasteiger partial charge in [0.2, 0.25) is 5.91 Å². The van der Waals surface area contributed by atoms with Crippen LogP contribution in [0, 0.1) is 0 Å². The fraction of sp³-hybridized carbons (Fsp3) is 0.923. The Hall–Kier alpha value is -0.320. The third-order valence-electron chi connectivity index (χ3n) is 3.51. The van der Waals surface area contributed by atoms with Crippen LogP contribution in [0.5, 0.6) is 0 Å². The van der Waals surface area contributed by atoms with Gasteiger partial charge in [0.25, 0.3) is 0 Å². The molecule has 0 aliphatic carbocycles. The molecule has 1 atom stereocenters. The van der Waals surface area contributed by atoms with Crippen LogP contribution < -0.4 is 11.1 Å². The van der Waals surface area contributed by atoms with Crippen molar-refractivity contribution in [2.75, 3.05) is 26.2 Å². The van der Waals surface area contributed by atoms with Crippen molar-refractivity contribution in [3.05, 3.63) is 0 Å². The lowest BCUT2D eigenvalue weighted by Gasteiger charge is -2.33. The number of amides is 1. The summed E-state index contributed by atoms with van der Waals surface area (Å²) in [5, 5.41) is 2.90. The van der Waals surface area contributed by atoms with Gasteiger partial charge in [-0.15, -0.1) is 12.4 Å². The lowest BCUT2D eigenvalue weighted by Crippen LogP contribution is -2.38. The van der Waals surface area contributed by atoms with Crippen LogP contribution in [0.4, 0.5) is 0 Å². The second-order valence-corrected chi connectivity index (χ2v) is 4.98. The predicted molar refractivity (Wildman–Crippen MR) is 78.0 cm³/mol. The maximum absolute atomic E-state index is 11.2. The first-order valence-corrected chi connectivity index (χ1v) is 6.95. The molecular formula is C13H28ClN3O. The number of nitrogens with one attached hydrogen (secondary N) is 1. The van der Waals surface area contributed by atoms with E-state index in [0.29, 0.717) is 13.0 Å². The van der Waals surface area contributed by atoms with Gasteiger partial charge in [0, 0.05) is 25.6 Å². The molecule has 1 unspecified atom stereocenters. The Morgan fingerprint density at radius 1 is 1.39 bits per heavy atom. The lowest BCUT2D eigenvalue weighted by molar-refractivity contribution is -0.120. The molecule has 1 fully saturated rings. The quantitative estimate of drug-likeness (QED) is 0.694. The van der Waals surface area contributed by atoms with Crippen molar-refractivity contribution in [1.29, 1.82) is 0 Å². The fourth-order valence-corrected chi connectivity index (χ4v) is 2.38.